The van der Waals surface area contributed by atoms with Crippen molar-refractivity contribution in [1.29, 1.82) is 0 Å². The molecule has 0 unspecified atom stereocenters. The molecule has 0 bridgehead atoms. The Morgan fingerprint density at radius 3 is 2.03 bits per heavy atom. The Kier molecular flexibility index (Phi) is 9.49. The molecule has 0 radical (unpaired) electrons. The summed E-state index contributed by atoms with van der Waals surface area (Å²) in [6.07, 6.45) is 1.94. The van der Waals surface area contributed by atoms with Gasteiger partial charge in [-0.05, 0) is 30.4 Å². The number of hydrogen-bond donors (Lipinski definition) is 4. The minimum absolute atomic E-state index is 0.0911. The minimum Gasteiger partial charge on any atom is -0.345 e. The molecule has 1 aromatic heterocycles. The van der Waals surface area contributed by atoms with Crippen molar-refractivity contribution >= 4 is 35.7 Å². The molecule has 3 atom stereocenters. The van der Waals surface area contributed by atoms with Gasteiger partial charge in [0.15, 0.2) is 0 Å². The van der Waals surface area contributed by atoms with Crippen LogP contribution in [0.25, 0.3) is 0 Å². The van der Waals surface area contributed by atoms with Crippen LogP contribution in [0.4, 0.5) is 5.82 Å². The summed E-state index contributed by atoms with van der Waals surface area (Å²) < 4.78 is 0. The summed E-state index contributed by atoms with van der Waals surface area (Å²) in [4.78, 5) is 64.2. The van der Waals surface area contributed by atoms with Crippen LogP contribution in [0.1, 0.15) is 58.8 Å². The van der Waals surface area contributed by atoms with Gasteiger partial charge in [-0.3, -0.25) is 19.2 Å². The molecule has 1 rings (SSSR count). The third-order valence-electron chi connectivity index (χ3n) is 4.66. The number of pyridine rings is 1. The van der Waals surface area contributed by atoms with Crippen molar-refractivity contribution in [2.45, 2.75) is 66.6 Å². The first-order chi connectivity index (χ1) is 14.8. The van der Waals surface area contributed by atoms with E-state index in [1.54, 1.807) is 34.6 Å². The molecule has 10 heteroatoms. The number of carbonyl (C=O) groups excluding carboxylic acids is 5. The highest BCUT2D eigenvalue weighted by atomic mass is 16.2. The smallest absolute Gasteiger partial charge is 0.253 e. The zero-order valence-electron chi connectivity index (χ0n) is 19.6. The molecule has 1 heterocycles. The van der Waals surface area contributed by atoms with Gasteiger partial charge in [-0.1, -0.05) is 34.6 Å². The topological polar surface area (TPSA) is 146 Å². The number of hydrogen-bond acceptors (Lipinski definition) is 6. The Bertz CT molecular complexity index is 845. The molecule has 4 amide bonds. The number of nitrogens with one attached hydrogen (secondary N) is 4. The van der Waals surface area contributed by atoms with Gasteiger partial charge in [-0.15, -0.1) is 0 Å². The summed E-state index contributed by atoms with van der Waals surface area (Å²) in [6.45, 7) is 11.8. The molecule has 0 fully saturated rings. The van der Waals surface area contributed by atoms with E-state index in [0.29, 0.717) is 12.1 Å². The highest BCUT2D eigenvalue weighted by Crippen LogP contribution is 2.20. The molecule has 0 aromatic carbocycles. The molecule has 176 valence electrons. The molecule has 4 N–H and O–H groups in total. The number of carbonyl (C=O) groups is 5. The lowest BCUT2D eigenvalue weighted by molar-refractivity contribution is -0.131. The van der Waals surface area contributed by atoms with Crippen LogP contribution in [0.2, 0.25) is 0 Å². The first-order valence-electron chi connectivity index (χ1n) is 10.4. The van der Waals surface area contributed by atoms with Gasteiger partial charge in [0.25, 0.3) is 5.91 Å². The Morgan fingerprint density at radius 1 is 0.969 bits per heavy atom. The van der Waals surface area contributed by atoms with Gasteiger partial charge in [-0.25, -0.2) is 4.98 Å². The van der Waals surface area contributed by atoms with Gasteiger partial charge in [-0.2, -0.15) is 0 Å². The van der Waals surface area contributed by atoms with Crippen molar-refractivity contribution in [3.8, 4) is 0 Å². The first kappa shape index (κ1) is 26.7. The van der Waals surface area contributed by atoms with Crippen LogP contribution in [0.5, 0.6) is 0 Å². The van der Waals surface area contributed by atoms with Crippen LogP contribution < -0.4 is 21.3 Å². The van der Waals surface area contributed by atoms with Gasteiger partial charge < -0.3 is 26.1 Å². The molecule has 0 aliphatic carbocycles. The minimum atomic E-state index is -0.952. The molecular weight excluding hydrogens is 414 g/mol. The van der Waals surface area contributed by atoms with E-state index in [1.165, 1.54) is 32.2 Å². The van der Waals surface area contributed by atoms with Crippen molar-refractivity contribution in [2.24, 2.45) is 11.3 Å². The molecule has 0 saturated carbocycles. The van der Waals surface area contributed by atoms with Crippen LogP contribution in [-0.2, 0) is 19.2 Å². The molecule has 1 aromatic rings. The summed E-state index contributed by atoms with van der Waals surface area (Å²) in [7, 11) is 0. The fourth-order valence-corrected chi connectivity index (χ4v) is 2.68. The number of anilines is 1. The summed E-state index contributed by atoms with van der Waals surface area (Å²) >= 11 is 0. The number of rotatable bonds is 9. The number of amides is 4. The van der Waals surface area contributed by atoms with Crippen LogP contribution in [0.3, 0.4) is 0 Å². The quantitative estimate of drug-likeness (QED) is 0.416. The molecule has 0 aliphatic rings. The second kappa shape index (κ2) is 11.4. The lowest BCUT2D eigenvalue weighted by Crippen LogP contribution is -2.58. The summed E-state index contributed by atoms with van der Waals surface area (Å²) in [5, 5.41) is 10.4. The monoisotopic (exact) mass is 447 g/mol. The highest BCUT2D eigenvalue weighted by Gasteiger charge is 2.34. The Labute approximate surface area is 188 Å². The highest BCUT2D eigenvalue weighted by molar-refractivity contribution is 5.99. The number of aldehydes is 1. The van der Waals surface area contributed by atoms with Crippen molar-refractivity contribution < 1.29 is 24.0 Å². The molecule has 0 saturated heterocycles. The van der Waals surface area contributed by atoms with E-state index in [-0.39, 0.29) is 17.4 Å². The third-order valence-corrected chi connectivity index (χ3v) is 4.66. The van der Waals surface area contributed by atoms with Crippen molar-refractivity contribution in [2.75, 3.05) is 5.32 Å². The van der Waals surface area contributed by atoms with Gasteiger partial charge in [0.1, 0.15) is 24.2 Å². The van der Waals surface area contributed by atoms with Gasteiger partial charge in [0.2, 0.25) is 17.7 Å². The molecule has 0 aliphatic heterocycles. The summed E-state index contributed by atoms with van der Waals surface area (Å²) in [6, 6.07) is 0.434. The van der Waals surface area contributed by atoms with E-state index in [9.17, 15) is 24.0 Å². The van der Waals surface area contributed by atoms with Crippen LogP contribution >= 0.6 is 0 Å². The second-order valence-electron chi connectivity index (χ2n) is 9.03. The van der Waals surface area contributed by atoms with Crippen molar-refractivity contribution in [3.05, 3.63) is 23.9 Å². The Balaban J connectivity index is 2.88. The van der Waals surface area contributed by atoms with E-state index in [2.05, 4.69) is 26.3 Å². The van der Waals surface area contributed by atoms with E-state index < -0.39 is 41.3 Å². The zero-order chi connectivity index (χ0) is 24.6. The normalized spacial score (nSPS) is 14.0. The SMILES string of the molecule is CC(=O)Nc1ccc(C(=O)N[C@H](C(=O)N[C@@H](C)C(=O)N[C@H](C=O)C(C)C)C(C)(C)C)cn1. The van der Waals surface area contributed by atoms with Crippen LogP contribution in [-0.4, -0.2) is 53.0 Å². The average molecular weight is 448 g/mol. The van der Waals surface area contributed by atoms with Crippen molar-refractivity contribution in [3.63, 3.8) is 0 Å². The van der Waals surface area contributed by atoms with Gasteiger partial charge in [0.05, 0.1) is 11.6 Å². The predicted octanol–water partition coefficient (Wildman–Crippen LogP) is 1.03. The zero-order valence-corrected chi connectivity index (χ0v) is 19.6. The number of nitrogens with zero attached hydrogens (tertiary/aromatic N) is 1. The standard InChI is InChI=1S/C22H33N5O5/c1-12(2)16(11-28)26-19(30)13(3)24-21(32)18(22(5,6)7)27-20(31)15-8-9-17(23-10-15)25-14(4)29/h8-13,16,18H,1-7H3,(H,24,32)(H,26,30)(H,27,31)(H,23,25,29)/t13-,16+,18+/m0/s1. The maximum Gasteiger partial charge on any atom is 0.253 e. The van der Waals surface area contributed by atoms with E-state index in [0.717, 1.165) is 0 Å². The Morgan fingerprint density at radius 2 is 1.59 bits per heavy atom. The van der Waals surface area contributed by atoms with E-state index in [1.807, 2.05) is 0 Å². The molecule has 0 spiro atoms. The fourth-order valence-electron chi connectivity index (χ4n) is 2.68. The summed E-state index contributed by atoms with van der Waals surface area (Å²) in [5.41, 5.74) is -0.458. The summed E-state index contributed by atoms with van der Waals surface area (Å²) in [5.74, 6) is -1.64. The fraction of sp³-hybridized carbons (Fsp3) is 0.545. The Hall–Kier alpha value is -3.30. The maximum absolute atomic E-state index is 12.9. The second-order valence-corrected chi connectivity index (χ2v) is 9.03. The van der Waals surface area contributed by atoms with Gasteiger partial charge in [0, 0.05) is 13.1 Å². The lowest BCUT2D eigenvalue weighted by atomic mass is 9.85. The molecule has 10 nitrogen and oxygen atoms in total. The van der Waals surface area contributed by atoms with E-state index in [4.69, 9.17) is 0 Å². The predicted molar refractivity (Wildman–Crippen MR) is 120 cm³/mol. The molecule has 32 heavy (non-hydrogen) atoms. The largest absolute Gasteiger partial charge is 0.345 e. The van der Waals surface area contributed by atoms with Crippen LogP contribution in [0.15, 0.2) is 18.3 Å². The van der Waals surface area contributed by atoms with Crippen LogP contribution in [0, 0.1) is 11.3 Å². The maximum atomic E-state index is 12.9. The number of aromatic nitrogens is 1. The average Bonchev–Trinajstić information content (AvgIpc) is 2.68. The van der Waals surface area contributed by atoms with Gasteiger partial charge >= 0.3 is 0 Å². The van der Waals surface area contributed by atoms with E-state index >= 15 is 0 Å². The lowest BCUT2D eigenvalue weighted by Gasteiger charge is -2.31. The van der Waals surface area contributed by atoms with Crippen molar-refractivity contribution in [1.82, 2.24) is 20.9 Å². The third kappa shape index (κ3) is 8.09. The molecular formula is C22H33N5O5. The first-order valence-corrected chi connectivity index (χ1v) is 10.4.